The average molecular weight is 423 g/mol. The smallest absolute Gasteiger partial charge is 0.251 e. The Balaban J connectivity index is 2.20. The first-order valence-electron chi connectivity index (χ1n) is 8.20. The molecule has 7 heteroatoms. The van der Waals surface area contributed by atoms with Crippen LogP contribution in [0, 0.1) is 13.8 Å². The van der Waals surface area contributed by atoms with E-state index in [0.717, 1.165) is 22.6 Å². The number of hydrogen-bond donors (Lipinski definition) is 1. The SMILES string of the molecule is CCOc1c(Br)cc(C(=O)NCc2ncc(C)c(OC)c2C)cc1OC. The zero-order valence-corrected chi connectivity index (χ0v) is 17.2. The lowest BCUT2D eigenvalue weighted by molar-refractivity contribution is 0.0950. The molecule has 0 aliphatic heterocycles. The molecule has 140 valence electrons. The van der Waals surface area contributed by atoms with E-state index in [-0.39, 0.29) is 5.91 Å². The van der Waals surface area contributed by atoms with Gasteiger partial charge < -0.3 is 19.5 Å². The highest BCUT2D eigenvalue weighted by molar-refractivity contribution is 9.10. The van der Waals surface area contributed by atoms with E-state index >= 15 is 0 Å². The van der Waals surface area contributed by atoms with Crippen molar-refractivity contribution in [3.05, 3.63) is 45.2 Å². The number of benzene rings is 1. The summed E-state index contributed by atoms with van der Waals surface area (Å²) in [6.07, 6.45) is 1.74. The molecule has 26 heavy (non-hydrogen) atoms. The van der Waals surface area contributed by atoms with Gasteiger partial charge in [-0.2, -0.15) is 0 Å². The number of ether oxygens (including phenoxy) is 3. The first-order chi connectivity index (χ1) is 12.4. The molecular weight excluding hydrogens is 400 g/mol. The van der Waals surface area contributed by atoms with Crippen molar-refractivity contribution >= 4 is 21.8 Å². The average Bonchev–Trinajstić information content (AvgIpc) is 2.62. The van der Waals surface area contributed by atoms with E-state index in [1.165, 1.54) is 7.11 Å². The number of rotatable bonds is 7. The van der Waals surface area contributed by atoms with E-state index in [4.69, 9.17) is 14.2 Å². The number of nitrogens with one attached hydrogen (secondary N) is 1. The maximum atomic E-state index is 12.6. The van der Waals surface area contributed by atoms with Crippen molar-refractivity contribution in [1.82, 2.24) is 10.3 Å². The second-order valence-corrected chi connectivity index (χ2v) is 6.51. The molecule has 0 atom stereocenters. The zero-order valence-electron chi connectivity index (χ0n) is 15.6. The minimum Gasteiger partial charge on any atom is -0.496 e. The van der Waals surface area contributed by atoms with Gasteiger partial charge >= 0.3 is 0 Å². The van der Waals surface area contributed by atoms with Crippen LogP contribution in [0.4, 0.5) is 0 Å². The molecule has 1 aromatic carbocycles. The fourth-order valence-electron chi connectivity index (χ4n) is 2.65. The van der Waals surface area contributed by atoms with Crippen LogP contribution in [0.25, 0.3) is 0 Å². The fourth-order valence-corrected chi connectivity index (χ4v) is 3.21. The van der Waals surface area contributed by atoms with Crippen LogP contribution in [-0.4, -0.2) is 31.7 Å². The maximum absolute atomic E-state index is 12.6. The zero-order chi connectivity index (χ0) is 19.3. The van der Waals surface area contributed by atoms with E-state index in [1.54, 1.807) is 25.4 Å². The van der Waals surface area contributed by atoms with E-state index in [0.29, 0.717) is 34.7 Å². The summed E-state index contributed by atoms with van der Waals surface area (Å²) in [7, 11) is 3.17. The molecule has 0 fully saturated rings. The Morgan fingerprint density at radius 2 is 1.92 bits per heavy atom. The topological polar surface area (TPSA) is 69.7 Å². The Bertz CT molecular complexity index is 809. The second kappa shape index (κ2) is 8.89. The Hall–Kier alpha value is -2.28. The summed E-state index contributed by atoms with van der Waals surface area (Å²) >= 11 is 3.43. The first kappa shape index (κ1) is 20.0. The summed E-state index contributed by atoms with van der Waals surface area (Å²) in [5, 5.41) is 2.88. The van der Waals surface area contributed by atoms with Crippen molar-refractivity contribution in [2.75, 3.05) is 20.8 Å². The van der Waals surface area contributed by atoms with Gasteiger partial charge in [0.25, 0.3) is 5.91 Å². The summed E-state index contributed by atoms with van der Waals surface area (Å²) in [5.74, 6) is 1.63. The molecule has 1 amide bonds. The van der Waals surface area contributed by atoms with Crippen LogP contribution >= 0.6 is 15.9 Å². The van der Waals surface area contributed by atoms with Gasteiger partial charge in [0, 0.05) is 22.9 Å². The number of halogens is 1. The lowest BCUT2D eigenvalue weighted by atomic mass is 10.1. The monoisotopic (exact) mass is 422 g/mol. The lowest BCUT2D eigenvalue weighted by Gasteiger charge is -2.14. The molecular formula is C19H23BrN2O4. The summed E-state index contributed by atoms with van der Waals surface area (Å²) in [6.45, 7) is 6.55. The van der Waals surface area contributed by atoms with Crippen molar-refractivity contribution in [3.8, 4) is 17.2 Å². The minimum absolute atomic E-state index is 0.229. The van der Waals surface area contributed by atoms with Gasteiger partial charge in [0.2, 0.25) is 0 Å². The highest BCUT2D eigenvalue weighted by Gasteiger charge is 2.16. The van der Waals surface area contributed by atoms with Gasteiger partial charge in [-0.25, -0.2) is 0 Å². The van der Waals surface area contributed by atoms with Gasteiger partial charge in [-0.15, -0.1) is 0 Å². The Morgan fingerprint density at radius 1 is 1.19 bits per heavy atom. The number of methoxy groups -OCH3 is 2. The second-order valence-electron chi connectivity index (χ2n) is 5.65. The minimum atomic E-state index is -0.229. The third kappa shape index (κ3) is 4.27. The number of amides is 1. The summed E-state index contributed by atoms with van der Waals surface area (Å²) in [5.41, 5.74) is 3.10. The van der Waals surface area contributed by atoms with Crippen LogP contribution in [0.2, 0.25) is 0 Å². The molecule has 1 heterocycles. The predicted molar refractivity (Wildman–Crippen MR) is 103 cm³/mol. The number of carbonyl (C=O) groups excluding carboxylic acids is 1. The molecule has 1 aromatic heterocycles. The fraction of sp³-hybridized carbons (Fsp3) is 0.368. The summed E-state index contributed by atoms with van der Waals surface area (Å²) < 4.78 is 16.9. The standard InChI is InChI=1S/C19H23BrN2O4/c1-6-26-18-14(20)7-13(8-16(18)24-4)19(23)22-10-15-12(3)17(25-5)11(2)9-21-15/h7-9H,6,10H2,1-5H3,(H,22,23). The van der Waals surface area contributed by atoms with Crippen molar-refractivity contribution < 1.29 is 19.0 Å². The number of pyridine rings is 1. The summed E-state index contributed by atoms with van der Waals surface area (Å²) in [4.78, 5) is 16.9. The third-order valence-electron chi connectivity index (χ3n) is 3.95. The lowest BCUT2D eigenvalue weighted by Crippen LogP contribution is -2.24. The maximum Gasteiger partial charge on any atom is 0.251 e. The van der Waals surface area contributed by atoms with E-state index < -0.39 is 0 Å². The molecule has 0 aliphatic rings. The molecule has 0 radical (unpaired) electrons. The van der Waals surface area contributed by atoms with E-state index in [1.807, 2.05) is 20.8 Å². The van der Waals surface area contributed by atoms with Gasteiger partial charge in [-0.05, 0) is 48.8 Å². The third-order valence-corrected chi connectivity index (χ3v) is 4.54. The van der Waals surface area contributed by atoms with Crippen molar-refractivity contribution in [2.24, 2.45) is 0 Å². The summed E-state index contributed by atoms with van der Waals surface area (Å²) in [6, 6.07) is 3.36. The highest BCUT2D eigenvalue weighted by atomic mass is 79.9. The molecule has 0 bridgehead atoms. The van der Waals surface area contributed by atoms with Gasteiger partial charge in [0.1, 0.15) is 5.75 Å². The normalized spacial score (nSPS) is 10.4. The Kier molecular flexibility index (Phi) is 6.85. The molecule has 0 spiro atoms. The molecule has 2 aromatic rings. The number of aromatic nitrogens is 1. The highest BCUT2D eigenvalue weighted by Crippen LogP contribution is 2.36. The first-order valence-corrected chi connectivity index (χ1v) is 8.99. The van der Waals surface area contributed by atoms with Gasteiger partial charge in [-0.3, -0.25) is 9.78 Å². The van der Waals surface area contributed by atoms with Crippen LogP contribution < -0.4 is 19.5 Å². The molecule has 0 aliphatic carbocycles. The van der Waals surface area contributed by atoms with Gasteiger partial charge in [0.05, 0.1) is 37.5 Å². The van der Waals surface area contributed by atoms with Crippen LogP contribution in [0.5, 0.6) is 17.2 Å². The van der Waals surface area contributed by atoms with E-state index in [2.05, 4.69) is 26.2 Å². The molecule has 6 nitrogen and oxygen atoms in total. The number of aryl methyl sites for hydroxylation is 1. The molecule has 2 rings (SSSR count). The Morgan fingerprint density at radius 3 is 2.54 bits per heavy atom. The quantitative estimate of drug-likeness (QED) is 0.734. The molecule has 0 unspecified atom stereocenters. The predicted octanol–water partition coefficient (Wildman–Crippen LogP) is 3.81. The molecule has 1 N–H and O–H groups in total. The van der Waals surface area contributed by atoms with E-state index in [9.17, 15) is 4.79 Å². The Labute approximate surface area is 162 Å². The number of hydrogen-bond acceptors (Lipinski definition) is 5. The molecule has 0 saturated carbocycles. The largest absolute Gasteiger partial charge is 0.496 e. The van der Waals surface area contributed by atoms with Crippen molar-refractivity contribution in [3.63, 3.8) is 0 Å². The van der Waals surface area contributed by atoms with Gasteiger partial charge in [0.15, 0.2) is 11.5 Å². The van der Waals surface area contributed by atoms with Crippen LogP contribution in [0.3, 0.4) is 0 Å². The van der Waals surface area contributed by atoms with Crippen molar-refractivity contribution in [2.45, 2.75) is 27.3 Å². The van der Waals surface area contributed by atoms with Crippen LogP contribution in [0.15, 0.2) is 22.8 Å². The van der Waals surface area contributed by atoms with Crippen LogP contribution in [-0.2, 0) is 6.54 Å². The van der Waals surface area contributed by atoms with Gasteiger partial charge in [-0.1, -0.05) is 0 Å². The van der Waals surface area contributed by atoms with Crippen molar-refractivity contribution in [1.29, 1.82) is 0 Å². The number of carbonyl (C=O) groups is 1. The van der Waals surface area contributed by atoms with Crippen LogP contribution in [0.1, 0.15) is 34.1 Å². The molecule has 0 saturated heterocycles. The number of nitrogens with zero attached hydrogens (tertiary/aromatic N) is 1.